The minimum atomic E-state index is -3.92. The van der Waals surface area contributed by atoms with Crippen molar-refractivity contribution >= 4 is 27.7 Å². The average molecular weight is 514 g/mol. The molecule has 0 saturated carbocycles. The summed E-state index contributed by atoms with van der Waals surface area (Å²) < 4.78 is 26.4. The molecule has 0 saturated heterocycles. The molecule has 3 amide bonds. The van der Waals surface area contributed by atoms with Crippen molar-refractivity contribution in [2.75, 3.05) is 13.1 Å². The average Bonchev–Trinajstić information content (AvgIpc) is 3.01. The maximum absolute atomic E-state index is 13.4. The van der Waals surface area contributed by atoms with Gasteiger partial charge in [0.1, 0.15) is 10.9 Å². The molecule has 1 atom stereocenters. The van der Waals surface area contributed by atoms with Gasteiger partial charge in [0, 0.05) is 25.0 Å². The number of rotatable bonds is 10. The Labute approximate surface area is 213 Å². The van der Waals surface area contributed by atoms with E-state index in [0.29, 0.717) is 19.4 Å². The van der Waals surface area contributed by atoms with Crippen molar-refractivity contribution < 1.29 is 22.8 Å². The van der Waals surface area contributed by atoms with Crippen LogP contribution >= 0.6 is 0 Å². The van der Waals surface area contributed by atoms with Crippen molar-refractivity contribution in [1.29, 1.82) is 0 Å². The maximum Gasteiger partial charge on any atom is 0.269 e. The lowest BCUT2D eigenvalue weighted by molar-refractivity contribution is -0.141. The van der Waals surface area contributed by atoms with E-state index in [9.17, 15) is 22.8 Å². The van der Waals surface area contributed by atoms with Gasteiger partial charge in [0.2, 0.25) is 11.8 Å². The smallest absolute Gasteiger partial charge is 0.269 e. The summed E-state index contributed by atoms with van der Waals surface area (Å²) in [6.45, 7) is 7.78. The molecule has 0 radical (unpaired) electrons. The Balaban J connectivity index is 1.71. The Bertz CT molecular complexity index is 1210. The molecule has 194 valence electrons. The number of nitrogens with zero attached hydrogens (tertiary/aromatic N) is 2. The molecule has 3 rings (SSSR count). The van der Waals surface area contributed by atoms with E-state index >= 15 is 0 Å². The number of carbonyl (C=O) groups excluding carboxylic acids is 3. The lowest BCUT2D eigenvalue weighted by Crippen LogP contribution is -2.54. The topological polar surface area (TPSA) is 104 Å². The van der Waals surface area contributed by atoms with Crippen LogP contribution in [0.4, 0.5) is 0 Å². The zero-order chi connectivity index (χ0) is 26.5. The molecular formula is C27H35N3O5S. The summed E-state index contributed by atoms with van der Waals surface area (Å²) >= 11 is 0. The molecule has 1 heterocycles. The Hall–Kier alpha value is -3.20. The zero-order valence-electron chi connectivity index (χ0n) is 21.4. The first kappa shape index (κ1) is 27.4. The van der Waals surface area contributed by atoms with E-state index in [1.54, 1.807) is 17.0 Å². The van der Waals surface area contributed by atoms with Gasteiger partial charge in [-0.25, -0.2) is 12.7 Å². The molecule has 0 aliphatic carbocycles. The van der Waals surface area contributed by atoms with Crippen LogP contribution in [0, 0.1) is 0 Å². The van der Waals surface area contributed by atoms with E-state index in [-0.39, 0.29) is 41.7 Å². The molecule has 1 aliphatic rings. The summed E-state index contributed by atoms with van der Waals surface area (Å²) in [6.07, 6.45) is 1.21. The van der Waals surface area contributed by atoms with Crippen molar-refractivity contribution in [2.45, 2.75) is 69.9 Å². The van der Waals surface area contributed by atoms with Crippen LogP contribution in [-0.4, -0.2) is 60.0 Å². The van der Waals surface area contributed by atoms with Crippen LogP contribution in [0.15, 0.2) is 59.5 Å². The minimum Gasteiger partial charge on any atom is -0.350 e. The van der Waals surface area contributed by atoms with Crippen LogP contribution < -0.4 is 5.32 Å². The summed E-state index contributed by atoms with van der Waals surface area (Å²) in [7, 11) is -3.92. The van der Waals surface area contributed by atoms with Crippen LogP contribution in [0.25, 0.3) is 0 Å². The highest BCUT2D eigenvalue weighted by Gasteiger charge is 2.40. The molecule has 1 N–H and O–H groups in total. The highest BCUT2D eigenvalue weighted by Crippen LogP contribution is 2.30. The fourth-order valence-electron chi connectivity index (χ4n) is 4.32. The predicted octanol–water partition coefficient (Wildman–Crippen LogP) is 3.38. The largest absolute Gasteiger partial charge is 0.350 e. The number of sulfonamides is 1. The fourth-order valence-corrected chi connectivity index (χ4v) is 5.93. The number of benzene rings is 2. The second-order valence-electron chi connectivity index (χ2n) is 9.97. The maximum atomic E-state index is 13.4. The fraction of sp³-hybridized carbons (Fsp3) is 0.444. The minimum absolute atomic E-state index is 0.00397. The Morgan fingerprint density at radius 3 is 2.28 bits per heavy atom. The molecular weight excluding hydrogens is 478 g/mol. The van der Waals surface area contributed by atoms with Crippen LogP contribution in [0.3, 0.4) is 0 Å². The molecule has 2 aromatic rings. The van der Waals surface area contributed by atoms with Gasteiger partial charge in [-0.15, -0.1) is 0 Å². The van der Waals surface area contributed by atoms with Gasteiger partial charge in [0.15, 0.2) is 0 Å². The van der Waals surface area contributed by atoms with Gasteiger partial charge < -0.3 is 10.2 Å². The lowest BCUT2D eigenvalue weighted by atomic mass is 10.0. The van der Waals surface area contributed by atoms with Gasteiger partial charge >= 0.3 is 0 Å². The quantitative estimate of drug-likeness (QED) is 0.525. The first-order chi connectivity index (χ1) is 17.0. The highest BCUT2D eigenvalue weighted by atomic mass is 32.2. The van der Waals surface area contributed by atoms with Gasteiger partial charge in [-0.2, -0.15) is 0 Å². The predicted molar refractivity (Wildman–Crippen MR) is 138 cm³/mol. The third-order valence-corrected chi connectivity index (χ3v) is 7.87. The molecule has 1 aliphatic heterocycles. The number of fused-ring (bicyclic) bond motifs is 1. The molecule has 9 heteroatoms. The van der Waals surface area contributed by atoms with E-state index in [1.165, 1.54) is 12.1 Å². The number of amides is 3. The highest BCUT2D eigenvalue weighted by molar-refractivity contribution is 7.90. The Morgan fingerprint density at radius 1 is 1.03 bits per heavy atom. The van der Waals surface area contributed by atoms with Gasteiger partial charge in [0.25, 0.3) is 15.9 Å². The normalized spacial score (nSPS) is 15.3. The standard InChI is InChI=1S/C27H35N3O5S/c1-5-22(25(32)28-27(2,3)4)29(19-17-20-12-7-6-8-13-20)24(31)16-11-18-30-26(33)21-14-9-10-15-23(21)36(30,34)35/h6-10,12-15,22H,5,11,16-19H2,1-4H3,(H,28,32). The van der Waals surface area contributed by atoms with E-state index in [1.807, 2.05) is 58.0 Å². The Morgan fingerprint density at radius 2 is 1.67 bits per heavy atom. The molecule has 8 nitrogen and oxygen atoms in total. The van der Waals surface area contributed by atoms with Crippen LogP contribution in [0.5, 0.6) is 0 Å². The van der Waals surface area contributed by atoms with E-state index in [0.717, 1.165) is 9.87 Å². The van der Waals surface area contributed by atoms with Crippen LogP contribution in [-0.2, 0) is 26.0 Å². The zero-order valence-corrected chi connectivity index (χ0v) is 22.2. The second kappa shape index (κ2) is 11.2. The van der Waals surface area contributed by atoms with Crippen molar-refractivity contribution in [2.24, 2.45) is 0 Å². The van der Waals surface area contributed by atoms with Gasteiger partial charge in [-0.1, -0.05) is 49.4 Å². The number of carbonyl (C=O) groups is 3. The SMILES string of the molecule is CCC(C(=O)NC(C)(C)C)N(CCc1ccccc1)C(=O)CCCN1C(=O)c2ccccc2S1(=O)=O. The van der Waals surface area contributed by atoms with Gasteiger partial charge in [-0.05, 0) is 57.7 Å². The molecule has 2 aromatic carbocycles. The van der Waals surface area contributed by atoms with Crippen molar-refractivity contribution in [3.63, 3.8) is 0 Å². The van der Waals surface area contributed by atoms with Crippen LogP contribution in [0.2, 0.25) is 0 Å². The number of hydrogen-bond donors (Lipinski definition) is 1. The number of hydrogen-bond acceptors (Lipinski definition) is 5. The number of nitrogens with one attached hydrogen (secondary N) is 1. The Kier molecular flexibility index (Phi) is 8.55. The summed E-state index contributed by atoms with van der Waals surface area (Å²) in [5.41, 5.74) is 0.754. The van der Waals surface area contributed by atoms with Gasteiger partial charge in [0.05, 0.1) is 5.56 Å². The molecule has 0 aromatic heterocycles. The molecule has 1 unspecified atom stereocenters. The molecule has 36 heavy (non-hydrogen) atoms. The molecule has 0 spiro atoms. The van der Waals surface area contributed by atoms with Crippen LogP contribution in [0.1, 0.15) is 62.9 Å². The summed E-state index contributed by atoms with van der Waals surface area (Å²) in [6, 6.07) is 15.2. The second-order valence-corrected chi connectivity index (χ2v) is 11.8. The van der Waals surface area contributed by atoms with E-state index < -0.39 is 27.5 Å². The third-order valence-electron chi connectivity index (χ3n) is 6.03. The van der Waals surface area contributed by atoms with Crippen molar-refractivity contribution in [3.8, 4) is 0 Å². The summed E-state index contributed by atoms with van der Waals surface area (Å²) in [5, 5.41) is 2.97. The first-order valence-electron chi connectivity index (χ1n) is 12.3. The summed E-state index contributed by atoms with van der Waals surface area (Å²) in [5.74, 6) is -1.04. The monoisotopic (exact) mass is 513 g/mol. The molecule has 0 fully saturated rings. The van der Waals surface area contributed by atoms with E-state index in [4.69, 9.17) is 0 Å². The third kappa shape index (κ3) is 6.32. The van der Waals surface area contributed by atoms with Gasteiger partial charge in [-0.3, -0.25) is 14.4 Å². The van der Waals surface area contributed by atoms with Crippen molar-refractivity contribution in [3.05, 3.63) is 65.7 Å². The van der Waals surface area contributed by atoms with Crippen molar-refractivity contribution in [1.82, 2.24) is 14.5 Å². The lowest BCUT2D eigenvalue weighted by Gasteiger charge is -2.33. The first-order valence-corrected chi connectivity index (χ1v) is 13.7. The summed E-state index contributed by atoms with van der Waals surface area (Å²) in [4.78, 5) is 40.6. The molecule has 0 bridgehead atoms. The van der Waals surface area contributed by atoms with E-state index in [2.05, 4.69) is 5.32 Å².